The van der Waals surface area contributed by atoms with Gasteiger partial charge in [0.2, 0.25) is 0 Å². The predicted molar refractivity (Wildman–Crippen MR) is 81.6 cm³/mol. The predicted octanol–water partition coefficient (Wildman–Crippen LogP) is 6.42. The number of hydrogen-bond donors (Lipinski definition) is 0. The summed E-state index contributed by atoms with van der Waals surface area (Å²) in [4.78, 5) is 4.34. The van der Waals surface area contributed by atoms with Gasteiger partial charge in [-0.1, -0.05) is 67.1 Å². The molecule has 0 bridgehead atoms. The average Bonchev–Trinajstić information content (AvgIpc) is 2.58. The van der Waals surface area contributed by atoms with Gasteiger partial charge in [0.25, 0.3) is 0 Å². The third-order valence-electron chi connectivity index (χ3n) is 1.77. The van der Waals surface area contributed by atoms with Gasteiger partial charge in [-0.15, -0.1) is 0 Å². The Morgan fingerprint density at radius 2 is 1.71 bits per heavy atom. The number of rotatable bonds is 1. The molecule has 8 heteroatoms. The zero-order chi connectivity index (χ0) is 12.6. The molecule has 0 fully saturated rings. The van der Waals surface area contributed by atoms with Crippen LogP contribution < -0.4 is 4.67 Å². The molecule has 1 aromatic carbocycles. The average molecular weight is 410 g/mol. The molecule has 0 atom stereocenters. The molecule has 1 nitrogen and oxygen atoms in total. The van der Waals surface area contributed by atoms with E-state index in [0.29, 0.717) is 29.8 Å². The highest BCUT2D eigenvalue weighted by Crippen LogP contribution is 2.35. The monoisotopic (exact) mass is 407 g/mol. The van der Waals surface area contributed by atoms with Crippen LogP contribution in [0.1, 0.15) is 0 Å². The lowest BCUT2D eigenvalue weighted by Crippen LogP contribution is -1.92. The molecule has 17 heavy (non-hydrogen) atoms. The van der Waals surface area contributed by atoms with Gasteiger partial charge in [0.15, 0.2) is 0 Å². The number of nitrogens with zero attached hydrogens (tertiary/aromatic N) is 1. The molecule has 2 aromatic rings. The van der Waals surface area contributed by atoms with Crippen molar-refractivity contribution in [1.29, 1.82) is 0 Å². The van der Waals surface area contributed by atoms with E-state index < -0.39 is 0 Å². The van der Waals surface area contributed by atoms with Gasteiger partial charge in [-0.05, 0) is 28.1 Å². The minimum Gasteiger partial charge on any atom is -0.234 e. The van der Waals surface area contributed by atoms with Crippen molar-refractivity contribution in [2.24, 2.45) is 4.99 Å². The summed E-state index contributed by atoms with van der Waals surface area (Å²) in [5, 5.41) is 1.47. The maximum Gasteiger partial charge on any atom is 0.147 e. The van der Waals surface area contributed by atoms with Crippen LogP contribution in [0.5, 0.6) is 0 Å². The van der Waals surface area contributed by atoms with Crippen LogP contribution in [0.4, 0.5) is 5.69 Å². The fourth-order valence-electron chi connectivity index (χ4n) is 1.01. The SMILES string of the molecule is Clc1cc(N=c2ssc(Cl)c2Cl)c(Cl)cc1Br. The van der Waals surface area contributed by atoms with Gasteiger partial charge in [-0.25, -0.2) is 4.99 Å². The Kier molecular flexibility index (Phi) is 4.80. The van der Waals surface area contributed by atoms with Gasteiger partial charge in [0.05, 0.1) is 15.7 Å². The van der Waals surface area contributed by atoms with Crippen molar-refractivity contribution in [3.63, 3.8) is 0 Å². The third kappa shape index (κ3) is 3.18. The number of hydrogen-bond acceptors (Lipinski definition) is 3. The van der Waals surface area contributed by atoms with E-state index in [-0.39, 0.29) is 0 Å². The minimum absolute atomic E-state index is 0.441. The van der Waals surface area contributed by atoms with Gasteiger partial charge >= 0.3 is 0 Å². The fraction of sp³-hybridized carbons (Fsp3) is 0. The second-order valence-electron chi connectivity index (χ2n) is 2.89. The summed E-state index contributed by atoms with van der Waals surface area (Å²) in [6.45, 7) is 0. The second-order valence-corrected chi connectivity index (χ2v) is 7.67. The first-order valence-corrected chi connectivity index (χ1v) is 8.58. The van der Waals surface area contributed by atoms with Crippen molar-refractivity contribution in [2.75, 3.05) is 0 Å². The molecule has 1 heterocycles. The largest absolute Gasteiger partial charge is 0.234 e. The Hall–Kier alpha value is 0.710. The normalized spacial score (nSPS) is 12.2. The molecule has 0 aliphatic rings. The molecular formula is C9H2BrCl4NS2. The number of halogens is 5. The molecule has 0 spiro atoms. The van der Waals surface area contributed by atoms with Crippen molar-refractivity contribution in [3.8, 4) is 0 Å². The summed E-state index contributed by atoms with van der Waals surface area (Å²) in [7, 11) is 2.75. The molecule has 1 aromatic heterocycles. The highest BCUT2D eigenvalue weighted by molar-refractivity contribution is 9.10. The van der Waals surface area contributed by atoms with Crippen molar-refractivity contribution >= 4 is 88.7 Å². The van der Waals surface area contributed by atoms with E-state index >= 15 is 0 Å². The zero-order valence-electron chi connectivity index (χ0n) is 7.81. The molecule has 2 rings (SSSR count). The van der Waals surface area contributed by atoms with E-state index in [2.05, 4.69) is 20.9 Å². The fourth-order valence-corrected chi connectivity index (χ4v) is 4.59. The van der Waals surface area contributed by atoms with Gasteiger partial charge in [0.1, 0.15) is 14.0 Å². The molecule has 0 saturated heterocycles. The standard InChI is InChI=1S/C9H2BrCl4NS2/c10-3-1-5(12)6(2-4(3)11)15-9-7(13)8(14)16-17-9/h1-2H. The highest BCUT2D eigenvalue weighted by atomic mass is 79.9. The smallest absolute Gasteiger partial charge is 0.147 e. The van der Waals surface area contributed by atoms with Crippen molar-refractivity contribution < 1.29 is 0 Å². The van der Waals surface area contributed by atoms with Crippen LogP contribution in [0.15, 0.2) is 21.6 Å². The lowest BCUT2D eigenvalue weighted by Gasteiger charge is -2.00. The van der Waals surface area contributed by atoms with Gasteiger partial charge in [-0.3, -0.25) is 0 Å². The Balaban J connectivity index is 2.60. The summed E-state index contributed by atoms with van der Waals surface area (Å²) >= 11 is 27.2. The van der Waals surface area contributed by atoms with Crippen molar-refractivity contribution in [2.45, 2.75) is 0 Å². The van der Waals surface area contributed by atoms with Crippen LogP contribution in [0.25, 0.3) is 0 Å². The second kappa shape index (κ2) is 5.78. The Bertz CT molecular complexity index is 634. The van der Waals surface area contributed by atoms with Gasteiger partial charge in [0, 0.05) is 4.47 Å². The molecule has 0 amide bonds. The first-order valence-electron chi connectivity index (χ1n) is 4.12. The Morgan fingerprint density at radius 3 is 2.29 bits per heavy atom. The van der Waals surface area contributed by atoms with Crippen LogP contribution >= 0.6 is 83.0 Å². The lowest BCUT2D eigenvalue weighted by atomic mass is 10.3. The summed E-state index contributed by atoms with van der Waals surface area (Å²) in [5.41, 5.74) is 0.562. The highest BCUT2D eigenvalue weighted by Gasteiger charge is 2.07. The third-order valence-corrected chi connectivity index (χ3v) is 6.76. The zero-order valence-corrected chi connectivity index (χ0v) is 14.1. The van der Waals surface area contributed by atoms with E-state index in [4.69, 9.17) is 46.4 Å². The summed E-state index contributed by atoms with van der Waals surface area (Å²) in [5.74, 6) is 0. The summed E-state index contributed by atoms with van der Waals surface area (Å²) < 4.78 is 1.87. The van der Waals surface area contributed by atoms with Crippen LogP contribution in [-0.4, -0.2) is 0 Å². The quantitative estimate of drug-likeness (QED) is 0.380. The van der Waals surface area contributed by atoms with Crippen LogP contribution in [0.2, 0.25) is 19.4 Å². The molecule has 0 saturated carbocycles. The van der Waals surface area contributed by atoms with E-state index in [0.717, 1.165) is 4.47 Å². The van der Waals surface area contributed by atoms with Gasteiger partial charge in [-0.2, -0.15) is 0 Å². The van der Waals surface area contributed by atoms with E-state index in [9.17, 15) is 0 Å². The van der Waals surface area contributed by atoms with Crippen molar-refractivity contribution in [3.05, 3.63) is 40.7 Å². The summed E-state index contributed by atoms with van der Waals surface area (Å²) in [6.07, 6.45) is 0. The molecular weight excluding hydrogens is 408 g/mol. The van der Waals surface area contributed by atoms with E-state index in [1.54, 1.807) is 12.1 Å². The molecule has 0 unspecified atom stereocenters. The summed E-state index contributed by atoms with van der Waals surface area (Å²) in [6, 6.07) is 3.36. The molecule has 0 N–H and O–H groups in total. The Labute approximate surface area is 133 Å². The minimum atomic E-state index is 0.441. The Morgan fingerprint density at radius 1 is 1.00 bits per heavy atom. The lowest BCUT2D eigenvalue weighted by molar-refractivity contribution is 1.41. The van der Waals surface area contributed by atoms with E-state index in [1.165, 1.54) is 20.7 Å². The first kappa shape index (κ1) is 14.1. The first-order chi connectivity index (χ1) is 7.99. The topological polar surface area (TPSA) is 12.4 Å². The molecule has 0 aliphatic carbocycles. The molecule has 0 radical (unpaired) electrons. The molecule has 90 valence electrons. The maximum absolute atomic E-state index is 6.06. The number of benzene rings is 1. The molecule has 0 aliphatic heterocycles. The van der Waals surface area contributed by atoms with Crippen molar-refractivity contribution in [1.82, 2.24) is 0 Å². The van der Waals surface area contributed by atoms with E-state index in [1.807, 2.05) is 0 Å². The van der Waals surface area contributed by atoms with Crippen LogP contribution in [0.3, 0.4) is 0 Å². The van der Waals surface area contributed by atoms with Gasteiger partial charge < -0.3 is 0 Å². The van der Waals surface area contributed by atoms with Crippen LogP contribution in [-0.2, 0) is 0 Å². The van der Waals surface area contributed by atoms with Crippen LogP contribution in [0, 0.1) is 0 Å². The maximum atomic E-state index is 6.06.